The average molecular weight is 494 g/mol. The molecule has 1 saturated heterocycles. The van der Waals surface area contributed by atoms with Crippen LogP contribution in [0.15, 0.2) is 72.8 Å². The Morgan fingerprint density at radius 3 is 2.49 bits per heavy atom. The lowest BCUT2D eigenvalue weighted by Gasteiger charge is -2.31. The largest absolute Gasteiger partial charge is 0.454 e. The highest BCUT2D eigenvalue weighted by atomic mass is 16.7. The van der Waals surface area contributed by atoms with E-state index in [4.69, 9.17) is 14.5 Å². The number of carbonyl (C=O) groups is 2. The molecule has 4 aromatic rings. The zero-order valence-electron chi connectivity index (χ0n) is 20.6. The summed E-state index contributed by atoms with van der Waals surface area (Å²) in [5.41, 5.74) is 5.04. The molecule has 0 aliphatic carbocycles. The van der Waals surface area contributed by atoms with Crippen LogP contribution in [-0.2, 0) is 4.79 Å². The fraction of sp³-hybridized carbons (Fsp3) is 0.233. The summed E-state index contributed by atoms with van der Waals surface area (Å²) in [6, 6.07) is 23.2. The number of aryl methyl sites for hydroxylation is 1. The van der Waals surface area contributed by atoms with E-state index in [0.29, 0.717) is 48.7 Å². The molecular weight excluding hydrogens is 466 g/mol. The Balaban J connectivity index is 1.17. The van der Waals surface area contributed by atoms with Crippen LogP contribution in [0.4, 0.5) is 5.69 Å². The lowest BCUT2D eigenvalue weighted by Crippen LogP contribution is -2.41. The van der Waals surface area contributed by atoms with Crippen molar-refractivity contribution in [1.82, 2.24) is 9.88 Å². The predicted molar refractivity (Wildman–Crippen MR) is 142 cm³/mol. The van der Waals surface area contributed by atoms with Gasteiger partial charge < -0.3 is 19.7 Å². The van der Waals surface area contributed by atoms with Crippen molar-refractivity contribution >= 4 is 28.4 Å². The Hall–Kier alpha value is -4.39. The number of likely N-dealkylation sites (tertiary alicyclic amines) is 1. The number of piperidine rings is 1. The third-order valence-electron chi connectivity index (χ3n) is 7.09. The summed E-state index contributed by atoms with van der Waals surface area (Å²) in [6.07, 6.45) is 1.21. The van der Waals surface area contributed by atoms with Gasteiger partial charge in [0.05, 0.1) is 16.8 Å². The molecule has 0 unspecified atom stereocenters. The summed E-state index contributed by atoms with van der Waals surface area (Å²) >= 11 is 0. The Kier molecular flexibility index (Phi) is 5.96. The second kappa shape index (κ2) is 9.58. The van der Waals surface area contributed by atoms with E-state index in [2.05, 4.69) is 5.32 Å². The van der Waals surface area contributed by atoms with Crippen LogP contribution in [0.25, 0.3) is 22.2 Å². The predicted octanol–water partition coefficient (Wildman–Crippen LogP) is 5.43. The highest BCUT2D eigenvalue weighted by Crippen LogP contribution is 2.35. The summed E-state index contributed by atoms with van der Waals surface area (Å²) in [4.78, 5) is 33.3. The van der Waals surface area contributed by atoms with E-state index >= 15 is 0 Å². The van der Waals surface area contributed by atoms with Gasteiger partial charge in [-0.1, -0.05) is 48.0 Å². The minimum absolute atomic E-state index is 0.0263. The number of aromatic nitrogens is 1. The van der Waals surface area contributed by atoms with Crippen LogP contribution in [0, 0.1) is 12.8 Å². The van der Waals surface area contributed by atoms with E-state index < -0.39 is 0 Å². The molecule has 2 amide bonds. The first-order valence-corrected chi connectivity index (χ1v) is 12.5. The van der Waals surface area contributed by atoms with Gasteiger partial charge in [0.1, 0.15) is 0 Å². The molecule has 3 heterocycles. The first-order chi connectivity index (χ1) is 18.0. The molecule has 0 saturated carbocycles. The molecule has 0 atom stereocenters. The maximum atomic E-state index is 13.7. The molecule has 37 heavy (non-hydrogen) atoms. The maximum Gasteiger partial charge on any atom is 0.254 e. The number of ether oxygens (including phenoxy) is 2. The highest BCUT2D eigenvalue weighted by Gasteiger charge is 2.29. The van der Waals surface area contributed by atoms with Gasteiger partial charge in [-0.15, -0.1) is 0 Å². The zero-order valence-corrected chi connectivity index (χ0v) is 20.6. The van der Waals surface area contributed by atoms with Gasteiger partial charge >= 0.3 is 0 Å². The lowest BCUT2D eigenvalue weighted by atomic mass is 9.94. The van der Waals surface area contributed by atoms with Gasteiger partial charge in [-0.25, -0.2) is 4.98 Å². The van der Waals surface area contributed by atoms with Crippen molar-refractivity contribution in [2.45, 2.75) is 19.8 Å². The van der Waals surface area contributed by atoms with E-state index in [0.717, 1.165) is 22.2 Å². The summed E-state index contributed by atoms with van der Waals surface area (Å²) in [5.74, 6) is 1.09. The number of hydrogen-bond donors (Lipinski definition) is 1. The molecule has 0 spiro atoms. The Bertz CT molecular complexity index is 1490. The molecule has 7 nitrogen and oxygen atoms in total. The van der Waals surface area contributed by atoms with E-state index in [9.17, 15) is 9.59 Å². The first-order valence-electron chi connectivity index (χ1n) is 12.5. The topological polar surface area (TPSA) is 80.8 Å². The number of nitrogens with one attached hydrogen (secondary N) is 1. The fourth-order valence-corrected chi connectivity index (χ4v) is 4.96. The third kappa shape index (κ3) is 4.60. The van der Waals surface area contributed by atoms with Gasteiger partial charge in [0.2, 0.25) is 12.7 Å². The van der Waals surface area contributed by atoms with Crippen molar-refractivity contribution in [2.24, 2.45) is 5.92 Å². The summed E-state index contributed by atoms with van der Waals surface area (Å²) in [7, 11) is 0. The van der Waals surface area contributed by atoms with Crippen molar-refractivity contribution in [1.29, 1.82) is 0 Å². The van der Waals surface area contributed by atoms with Gasteiger partial charge in [0, 0.05) is 41.7 Å². The summed E-state index contributed by atoms with van der Waals surface area (Å²) in [6.45, 7) is 3.28. The lowest BCUT2D eigenvalue weighted by molar-refractivity contribution is -0.121. The second-order valence-electron chi connectivity index (χ2n) is 9.56. The molecule has 2 aliphatic rings. The molecule has 0 radical (unpaired) electrons. The number of anilines is 1. The van der Waals surface area contributed by atoms with Crippen molar-refractivity contribution in [3.8, 4) is 22.8 Å². The van der Waals surface area contributed by atoms with E-state index in [1.807, 2.05) is 72.5 Å². The number of amides is 2. The summed E-state index contributed by atoms with van der Waals surface area (Å²) < 4.78 is 10.7. The van der Waals surface area contributed by atoms with Gasteiger partial charge in [0.15, 0.2) is 11.5 Å². The zero-order chi connectivity index (χ0) is 25.4. The van der Waals surface area contributed by atoms with Gasteiger partial charge in [-0.3, -0.25) is 9.59 Å². The van der Waals surface area contributed by atoms with Crippen LogP contribution in [0.5, 0.6) is 11.5 Å². The smallest absolute Gasteiger partial charge is 0.254 e. The maximum absolute atomic E-state index is 13.7. The molecule has 3 aromatic carbocycles. The van der Waals surface area contributed by atoms with Crippen LogP contribution in [-0.4, -0.2) is 41.6 Å². The quantitative estimate of drug-likeness (QED) is 0.410. The molecule has 7 heteroatoms. The molecule has 1 fully saturated rings. The SMILES string of the molecule is Cc1ccc(-c2cc(C(=O)N3CCC(C(=O)Nc4ccc5c(c4)OCO5)CC3)c3ccccc3n2)cc1. The standard InChI is InChI=1S/C30H27N3O4/c1-19-6-8-20(9-7-19)26-17-24(23-4-2-3-5-25(23)32-26)30(35)33-14-12-21(13-15-33)29(34)31-22-10-11-27-28(16-22)37-18-36-27/h2-11,16-17,21H,12-15,18H2,1H3,(H,31,34). The Labute approximate surface area is 215 Å². The van der Waals surface area contributed by atoms with Crippen LogP contribution in [0.3, 0.4) is 0 Å². The summed E-state index contributed by atoms with van der Waals surface area (Å²) in [5, 5.41) is 3.82. The van der Waals surface area contributed by atoms with Crippen LogP contribution in [0.2, 0.25) is 0 Å². The van der Waals surface area contributed by atoms with Crippen LogP contribution >= 0.6 is 0 Å². The number of nitrogens with zero attached hydrogens (tertiary/aromatic N) is 2. The van der Waals surface area contributed by atoms with Crippen molar-refractivity contribution in [2.75, 3.05) is 25.2 Å². The molecule has 1 aromatic heterocycles. The number of fused-ring (bicyclic) bond motifs is 2. The third-order valence-corrected chi connectivity index (χ3v) is 7.09. The molecule has 1 N–H and O–H groups in total. The van der Waals surface area contributed by atoms with Gasteiger partial charge in [-0.05, 0) is 44.0 Å². The molecule has 2 aliphatic heterocycles. The molecule has 6 rings (SSSR count). The normalized spacial score (nSPS) is 15.1. The number of hydrogen-bond acceptors (Lipinski definition) is 5. The monoisotopic (exact) mass is 493 g/mol. The number of carbonyl (C=O) groups excluding carboxylic acids is 2. The molecule has 186 valence electrons. The van der Waals surface area contributed by atoms with Crippen LogP contribution < -0.4 is 14.8 Å². The Morgan fingerprint density at radius 2 is 1.68 bits per heavy atom. The number of rotatable bonds is 4. The fourth-order valence-electron chi connectivity index (χ4n) is 4.96. The van der Waals surface area contributed by atoms with Crippen molar-refractivity contribution in [3.05, 3.63) is 83.9 Å². The van der Waals surface area contributed by atoms with Crippen molar-refractivity contribution in [3.63, 3.8) is 0 Å². The highest BCUT2D eigenvalue weighted by molar-refractivity contribution is 6.07. The minimum atomic E-state index is -0.160. The number of benzene rings is 3. The number of para-hydroxylation sites is 1. The number of pyridine rings is 1. The minimum Gasteiger partial charge on any atom is -0.454 e. The van der Waals surface area contributed by atoms with Crippen molar-refractivity contribution < 1.29 is 19.1 Å². The molecular formula is C30H27N3O4. The average Bonchev–Trinajstić information content (AvgIpc) is 3.40. The molecule has 0 bridgehead atoms. The van der Waals surface area contributed by atoms with E-state index in [-0.39, 0.29) is 24.5 Å². The second-order valence-corrected chi connectivity index (χ2v) is 9.56. The van der Waals surface area contributed by atoms with E-state index in [1.165, 1.54) is 5.56 Å². The van der Waals surface area contributed by atoms with E-state index in [1.54, 1.807) is 12.1 Å². The van der Waals surface area contributed by atoms with Crippen LogP contribution in [0.1, 0.15) is 28.8 Å². The first kappa shape index (κ1) is 23.0. The Morgan fingerprint density at radius 1 is 0.919 bits per heavy atom. The van der Waals surface area contributed by atoms with Gasteiger partial charge in [-0.2, -0.15) is 0 Å². The van der Waals surface area contributed by atoms with Gasteiger partial charge in [0.25, 0.3) is 5.91 Å².